The van der Waals surface area contributed by atoms with E-state index in [1.165, 1.54) is 0 Å². The predicted octanol–water partition coefficient (Wildman–Crippen LogP) is -2.87. The summed E-state index contributed by atoms with van der Waals surface area (Å²) in [4.78, 5) is 35.1. The van der Waals surface area contributed by atoms with Crippen molar-refractivity contribution >= 4 is 26.3 Å². The fourth-order valence-electron chi connectivity index (χ4n) is 1.60. The molecule has 14 heteroatoms. The Balaban J connectivity index is 2.85. The van der Waals surface area contributed by atoms with Gasteiger partial charge >= 0.3 is 14.5 Å². The fourth-order valence-corrected chi connectivity index (χ4v) is 2.93. The Morgan fingerprint density at radius 2 is 1.80 bits per heavy atom. The van der Waals surface area contributed by atoms with Crippen LogP contribution in [0.5, 0.6) is 0 Å². The largest absolute Gasteiger partial charge is 0.469 e. The zero-order chi connectivity index (χ0) is 15.8. The Labute approximate surface area is 117 Å². The fraction of sp³-hybridized carbons (Fsp3) is 1.00. The van der Waals surface area contributed by atoms with Crippen LogP contribution in [0.15, 0.2) is 0 Å². The Kier molecular flexibility index (Phi) is 5.84. The number of hydrogen-bond acceptors (Lipinski definition) is 8. The van der Waals surface area contributed by atoms with E-state index in [0.717, 1.165) is 0 Å². The van der Waals surface area contributed by atoms with Gasteiger partial charge in [-0.3, -0.25) is 9.05 Å². The summed E-state index contributed by atoms with van der Waals surface area (Å²) in [5.74, 6) is -2.43. The molecule has 1 rings (SSSR count). The van der Waals surface area contributed by atoms with E-state index >= 15 is 0 Å². The van der Waals surface area contributed by atoms with Crippen LogP contribution in [0.3, 0.4) is 0 Å². The average Bonchev–Trinajstić information content (AvgIpc) is 2.49. The van der Waals surface area contributed by atoms with Crippen molar-refractivity contribution in [2.45, 2.75) is 24.1 Å². The van der Waals surface area contributed by atoms with Crippen LogP contribution in [-0.2, 0) is 30.2 Å². The third-order valence-corrected chi connectivity index (χ3v) is 3.66. The molecule has 1 fully saturated rings. The van der Waals surface area contributed by atoms with Crippen LogP contribution in [0, 0.1) is 0 Å². The van der Waals surface area contributed by atoms with Crippen molar-refractivity contribution in [2.75, 3.05) is 13.2 Å². The number of ether oxygens (including phenoxy) is 1. The van der Waals surface area contributed by atoms with Crippen LogP contribution in [0.1, 0.15) is 0 Å². The van der Waals surface area contributed by atoms with E-state index in [0.29, 0.717) is 0 Å². The molecule has 0 saturated carbocycles. The quantitative estimate of drug-likeness (QED) is 0.242. The summed E-state index contributed by atoms with van der Waals surface area (Å²) >= 11 is 4.17. The second-order valence-corrected chi connectivity index (χ2v) is 7.76. The van der Waals surface area contributed by atoms with Crippen molar-refractivity contribution < 1.29 is 53.2 Å². The summed E-state index contributed by atoms with van der Waals surface area (Å²) in [6, 6.07) is 0. The van der Waals surface area contributed by atoms with E-state index in [-0.39, 0.29) is 0 Å². The van der Waals surface area contributed by atoms with Gasteiger partial charge in [-0.05, 0) is 11.8 Å². The normalized spacial score (nSPS) is 35.5. The smallest absolute Gasteiger partial charge is 0.391 e. The molecule has 11 nitrogen and oxygen atoms in total. The van der Waals surface area contributed by atoms with E-state index < -0.39 is 51.9 Å². The highest BCUT2D eigenvalue weighted by molar-refractivity contribution is 8.06. The van der Waals surface area contributed by atoms with Gasteiger partial charge in [-0.2, -0.15) is 0 Å². The minimum absolute atomic E-state index is 0.840. The van der Waals surface area contributed by atoms with E-state index in [2.05, 4.69) is 20.9 Å². The maximum absolute atomic E-state index is 10.5. The topological polar surface area (TPSA) is 186 Å². The predicted molar refractivity (Wildman–Crippen MR) is 64.5 cm³/mol. The van der Waals surface area contributed by atoms with Crippen molar-refractivity contribution in [1.82, 2.24) is 0 Å². The van der Waals surface area contributed by atoms with Gasteiger partial charge < -0.3 is 39.6 Å². The second-order valence-electron chi connectivity index (χ2n) is 3.93. The van der Waals surface area contributed by atoms with Crippen molar-refractivity contribution in [3.63, 3.8) is 0 Å². The minimum Gasteiger partial charge on any atom is -0.391 e. The molecule has 0 aromatic heterocycles. The first-order chi connectivity index (χ1) is 8.90. The summed E-state index contributed by atoms with van der Waals surface area (Å²) in [5.41, 5.74) is 0. The van der Waals surface area contributed by atoms with Crippen LogP contribution in [0.25, 0.3) is 0 Å². The van der Waals surface area contributed by atoms with Gasteiger partial charge in [-0.15, -0.1) is 0 Å². The highest BCUT2D eigenvalue weighted by Gasteiger charge is 2.57. The molecule has 0 amide bonds. The molecule has 0 aliphatic carbocycles. The zero-order valence-electron chi connectivity index (χ0n) is 9.71. The van der Waals surface area contributed by atoms with Gasteiger partial charge in [0.25, 0.3) is 0 Å². The molecule has 7 N–H and O–H groups in total. The molecule has 120 valence electrons. The molecular weight excluding hydrogens is 342 g/mol. The summed E-state index contributed by atoms with van der Waals surface area (Å²) in [5, 5.41) is 28.5. The third-order valence-electron chi connectivity index (χ3n) is 2.41. The maximum Gasteiger partial charge on any atom is 0.469 e. The summed E-state index contributed by atoms with van der Waals surface area (Å²) < 4.78 is 24.0. The second kappa shape index (κ2) is 6.31. The highest BCUT2D eigenvalue weighted by Crippen LogP contribution is 2.47. The van der Waals surface area contributed by atoms with Crippen LogP contribution >= 0.6 is 14.5 Å². The third kappa shape index (κ3) is 4.75. The molecule has 0 radical (unpaired) electrons. The number of aliphatic hydroxyl groups is 3. The number of phosphoric ester groups is 1. The van der Waals surface area contributed by atoms with E-state index in [4.69, 9.17) is 29.4 Å². The Bertz CT molecular complexity index is 433. The first kappa shape index (κ1) is 18.5. The van der Waals surface area contributed by atoms with E-state index in [1.54, 1.807) is 0 Å². The van der Waals surface area contributed by atoms with Gasteiger partial charge in [0.2, 0.25) is 5.79 Å². The first-order valence-corrected chi connectivity index (χ1v) is 9.17. The molecule has 1 aliphatic rings. The molecular formula is C6H14O11P2S. The van der Waals surface area contributed by atoms with Crippen molar-refractivity contribution in [2.24, 2.45) is 0 Å². The molecule has 0 aromatic carbocycles. The van der Waals surface area contributed by atoms with Gasteiger partial charge in [0.1, 0.15) is 24.9 Å². The number of aliphatic hydroxyl groups excluding tert-OH is 3. The first-order valence-electron chi connectivity index (χ1n) is 5.01. The lowest BCUT2D eigenvalue weighted by molar-refractivity contribution is -0.233. The van der Waals surface area contributed by atoms with Crippen LogP contribution in [0.4, 0.5) is 0 Å². The zero-order valence-corrected chi connectivity index (χ0v) is 12.3. The van der Waals surface area contributed by atoms with Crippen molar-refractivity contribution in [1.29, 1.82) is 0 Å². The average molecular weight is 356 g/mol. The lowest BCUT2D eigenvalue weighted by Crippen LogP contribution is -2.47. The lowest BCUT2D eigenvalue weighted by atomic mass is 10.1. The van der Waals surface area contributed by atoms with Gasteiger partial charge in [0.05, 0.1) is 6.61 Å². The van der Waals surface area contributed by atoms with E-state index in [1.807, 2.05) is 0 Å². The lowest BCUT2D eigenvalue weighted by Gasteiger charge is -2.31. The Hall–Kier alpha value is 0.480. The van der Waals surface area contributed by atoms with E-state index in [9.17, 15) is 14.8 Å². The van der Waals surface area contributed by atoms with Gasteiger partial charge in [0.15, 0.2) is 0 Å². The molecule has 4 unspecified atom stereocenters. The number of phosphoric acid groups is 1. The Morgan fingerprint density at radius 3 is 2.20 bits per heavy atom. The van der Waals surface area contributed by atoms with Crippen LogP contribution < -0.4 is 0 Å². The molecule has 20 heavy (non-hydrogen) atoms. The van der Waals surface area contributed by atoms with Crippen LogP contribution in [0.2, 0.25) is 0 Å². The summed E-state index contributed by atoms with van der Waals surface area (Å²) in [6.45, 7) is -6.30. The van der Waals surface area contributed by atoms with Crippen molar-refractivity contribution in [3.8, 4) is 0 Å². The minimum atomic E-state index is -4.84. The molecule has 0 spiro atoms. The van der Waals surface area contributed by atoms with Gasteiger partial charge in [-0.1, -0.05) is 0 Å². The molecule has 0 bridgehead atoms. The summed E-state index contributed by atoms with van der Waals surface area (Å²) in [7, 11) is -4.84. The maximum atomic E-state index is 10.5. The molecule has 1 heterocycles. The molecule has 0 aromatic rings. The molecule has 1 aliphatic heterocycles. The standard InChI is InChI=1S/C6H14O11P2S/c7-2-6(17-19(13,14)20)5(9)4(8)3(16-6)1-15-18(10,11)12/h3-5,7-9H,1-2H2,(H2,10,11,12)(H2,13,14,20). The monoisotopic (exact) mass is 356 g/mol. The molecule has 4 atom stereocenters. The van der Waals surface area contributed by atoms with Gasteiger partial charge in [0, 0.05) is 0 Å². The van der Waals surface area contributed by atoms with Gasteiger partial charge in [-0.25, -0.2) is 4.57 Å². The van der Waals surface area contributed by atoms with Crippen LogP contribution in [-0.4, -0.2) is 72.2 Å². The number of rotatable bonds is 6. The molecule has 1 saturated heterocycles. The summed E-state index contributed by atoms with van der Waals surface area (Å²) in [6.07, 6.45) is -5.21. The van der Waals surface area contributed by atoms with Crippen molar-refractivity contribution in [3.05, 3.63) is 0 Å². The highest BCUT2D eigenvalue weighted by atomic mass is 32.5. The Morgan fingerprint density at radius 1 is 1.25 bits per heavy atom. The SMILES string of the molecule is O=P(O)(O)OCC1OC(CO)(OP(O)(O)=S)C(O)C1O. The number of hydrogen-bond donors (Lipinski definition) is 7.